The number of carbonyl (C=O) groups is 1. The van der Waals surface area contributed by atoms with Crippen molar-refractivity contribution >= 4 is 11.7 Å². The molecular formula is C14H11F2NO2. The highest BCUT2D eigenvalue weighted by molar-refractivity contribution is 5.94. The van der Waals surface area contributed by atoms with E-state index in [2.05, 4.69) is 5.32 Å². The van der Waals surface area contributed by atoms with E-state index < -0.39 is 11.8 Å². The number of carboxylic acids is 1. The van der Waals surface area contributed by atoms with E-state index in [0.29, 0.717) is 0 Å². The molecule has 0 aliphatic heterocycles. The zero-order valence-electron chi connectivity index (χ0n) is 9.86. The van der Waals surface area contributed by atoms with Crippen molar-refractivity contribution in [3.05, 3.63) is 65.2 Å². The van der Waals surface area contributed by atoms with E-state index in [-0.39, 0.29) is 23.6 Å². The predicted molar refractivity (Wildman–Crippen MR) is 67.1 cm³/mol. The molecule has 2 aromatic carbocycles. The smallest absolute Gasteiger partial charge is 0.337 e. The van der Waals surface area contributed by atoms with Crippen LogP contribution in [0, 0.1) is 11.6 Å². The number of anilines is 1. The molecule has 3 nitrogen and oxygen atoms in total. The molecule has 0 fully saturated rings. The Morgan fingerprint density at radius 2 is 1.79 bits per heavy atom. The molecule has 0 aliphatic carbocycles. The molecule has 0 radical (unpaired) electrons. The minimum atomic E-state index is -1.21. The average Bonchev–Trinajstić information content (AvgIpc) is 2.39. The minimum absolute atomic E-state index is 0.0701. The summed E-state index contributed by atoms with van der Waals surface area (Å²) in [6, 6.07) is 9.50. The van der Waals surface area contributed by atoms with Gasteiger partial charge in [0.15, 0.2) is 0 Å². The molecule has 2 N–H and O–H groups in total. The van der Waals surface area contributed by atoms with Crippen LogP contribution in [0.15, 0.2) is 42.5 Å². The van der Waals surface area contributed by atoms with Gasteiger partial charge < -0.3 is 10.4 Å². The Balaban J connectivity index is 2.19. The first-order valence-electron chi connectivity index (χ1n) is 5.58. The third-order valence-corrected chi connectivity index (χ3v) is 2.63. The number of nitrogens with one attached hydrogen (secondary N) is 1. The molecule has 0 spiro atoms. The van der Waals surface area contributed by atoms with Crippen LogP contribution in [0.1, 0.15) is 15.9 Å². The van der Waals surface area contributed by atoms with Gasteiger partial charge in [0.1, 0.15) is 11.6 Å². The van der Waals surface area contributed by atoms with E-state index >= 15 is 0 Å². The van der Waals surface area contributed by atoms with Crippen LogP contribution in [0.5, 0.6) is 0 Å². The fraction of sp³-hybridized carbons (Fsp3) is 0.0714. The summed E-state index contributed by atoms with van der Waals surface area (Å²) in [7, 11) is 0. The van der Waals surface area contributed by atoms with Crippen molar-refractivity contribution in [1.82, 2.24) is 0 Å². The lowest BCUT2D eigenvalue weighted by Crippen LogP contribution is -2.08. The van der Waals surface area contributed by atoms with Crippen LogP contribution in [0.25, 0.3) is 0 Å². The van der Waals surface area contributed by atoms with Gasteiger partial charge in [-0.3, -0.25) is 0 Å². The summed E-state index contributed by atoms with van der Waals surface area (Å²) in [5, 5.41) is 11.7. The van der Waals surface area contributed by atoms with Crippen molar-refractivity contribution in [3.63, 3.8) is 0 Å². The maximum absolute atomic E-state index is 13.6. The maximum Gasteiger partial charge on any atom is 0.337 e. The lowest BCUT2D eigenvalue weighted by Gasteiger charge is -2.10. The standard InChI is InChI=1S/C14H11F2NO2/c15-10-6-4-9(5-7-10)8-17-13-11(14(18)19)2-1-3-12(13)16/h1-7,17H,8H2,(H,18,19). The number of rotatable bonds is 4. The molecular weight excluding hydrogens is 252 g/mol. The fourth-order valence-corrected chi connectivity index (χ4v) is 1.67. The monoisotopic (exact) mass is 263 g/mol. The van der Waals surface area contributed by atoms with E-state index in [1.165, 1.54) is 30.3 Å². The van der Waals surface area contributed by atoms with E-state index in [1.54, 1.807) is 12.1 Å². The second-order valence-corrected chi connectivity index (χ2v) is 3.95. The predicted octanol–water partition coefficient (Wildman–Crippen LogP) is 3.28. The molecule has 0 heterocycles. The van der Waals surface area contributed by atoms with Gasteiger partial charge in [0, 0.05) is 6.54 Å². The van der Waals surface area contributed by atoms with Gasteiger partial charge in [0.2, 0.25) is 0 Å². The van der Waals surface area contributed by atoms with E-state index in [0.717, 1.165) is 5.56 Å². The van der Waals surface area contributed by atoms with Crippen LogP contribution in [0.3, 0.4) is 0 Å². The molecule has 0 bridgehead atoms. The molecule has 0 aliphatic rings. The third kappa shape index (κ3) is 3.07. The first-order valence-corrected chi connectivity index (χ1v) is 5.58. The Morgan fingerprint density at radius 1 is 1.11 bits per heavy atom. The molecule has 0 amide bonds. The number of para-hydroxylation sites is 1. The quantitative estimate of drug-likeness (QED) is 0.890. The van der Waals surface area contributed by atoms with Crippen molar-refractivity contribution in [1.29, 1.82) is 0 Å². The largest absolute Gasteiger partial charge is 0.478 e. The highest BCUT2D eigenvalue weighted by Crippen LogP contribution is 2.20. The topological polar surface area (TPSA) is 49.3 Å². The van der Waals surface area contributed by atoms with Gasteiger partial charge in [-0.25, -0.2) is 13.6 Å². The fourth-order valence-electron chi connectivity index (χ4n) is 1.67. The molecule has 0 saturated carbocycles. The van der Waals surface area contributed by atoms with Crippen molar-refractivity contribution < 1.29 is 18.7 Å². The van der Waals surface area contributed by atoms with Gasteiger partial charge in [-0.2, -0.15) is 0 Å². The van der Waals surface area contributed by atoms with Crippen molar-refractivity contribution in [3.8, 4) is 0 Å². The maximum atomic E-state index is 13.6. The molecule has 2 rings (SSSR count). The summed E-state index contributed by atoms with van der Waals surface area (Å²) in [4.78, 5) is 11.0. The van der Waals surface area contributed by atoms with E-state index in [9.17, 15) is 13.6 Å². The van der Waals surface area contributed by atoms with Crippen LogP contribution in [-0.4, -0.2) is 11.1 Å². The molecule has 19 heavy (non-hydrogen) atoms. The normalized spacial score (nSPS) is 10.2. The van der Waals surface area contributed by atoms with Gasteiger partial charge in [0.05, 0.1) is 11.3 Å². The van der Waals surface area contributed by atoms with Crippen molar-refractivity contribution in [2.24, 2.45) is 0 Å². The molecule has 2 aromatic rings. The SMILES string of the molecule is O=C(O)c1cccc(F)c1NCc1ccc(F)cc1. The van der Waals surface area contributed by atoms with Gasteiger partial charge in [-0.1, -0.05) is 18.2 Å². The summed E-state index contributed by atoms with van der Waals surface area (Å²) in [5.74, 6) is -2.20. The zero-order valence-corrected chi connectivity index (χ0v) is 9.86. The van der Waals surface area contributed by atoms with Crippen molar-refractivity contribution in [2.75, 3.05) is 5.32 Å². The van der Waals surface area contributed by atoms with Crippen LogP contribution >= 0.6 is 0 Å². The number of hydrogen-bond donors (Lipinski definition) is 2. The Kier molecular flexibility index (Phi) is 3.75. The number of hydrogen-bond acceptors (Lipinski definition) is 2. The Morgan fingerprint density at radius 3 is 2.42 bits per heavy atom. The second-order valence-electron chi connectivity index (χ2n) is 3.95. The molecule has 0 unspecified atom stereocenters. The highest BCUT2D eigenvalue weighted by Gasteiger charge is 2.13. The summed E-state index contributed by atoms with van der Waals surface area (Å²) in [6.45, 7) is 0.210. The highest BCUT2D eigenvalue weighted by atomic mass is 19.1. The van der Waals surface area contributed by atoms with Crippen LogP contribution in [0.2, 0.25) is 0 Å². The Hall–Kier alpha value is -2.43. The van der Waals surface area contributed by atoms with Gasteiger partial charge in [-0.15, -0.1) is 0 Å². The molecule has 5 heteroatoms. The number of halogens is 2. The molecule has 0 saturated heterocycles. The Labute approximate surface area is 108 Å². The average molecular weight is 263 g/mol. The zero-order chi connectivity index (χ0) is 13.8. The Bertz CT molecular complexity index is 597. The van der Waals surface area contributed by atoms with Crippen LogP contribution in [0.4, 0.5) is 14.5 Å². The summed E-state index contributed by atoms with van der Waals surface area (Å²) in [5.41, 5.74) is 0.516. The van der Waals surface area contributed by atoms with Gasteiger partial charge in [0.25, 0.3) is 0 Å². The lowest BCUT2D eigenvalue weighted by molar-refractivity contribution is 0.0697. The number of carboxylic acid groups (broad SMARTS) is 1. The summed E-state index contributed by atoms with van der Waals surface area (Å²) >= 11 is 0. The first-order chi connectivity index (χ1) is 9.08. The van der Waals surface area contributed by atoms with Crippen LogP contribution < -0.4 is 5.32 Å². The molecule has 0 atom stereocenters. The summed E-state index contributed by atoms with van der Waals surface area (Å²) in [6.07, 6.45) is 0. The van der Waals surface area contributed by atoms with Gasteiger partial charge >= 0.3 is 5.97 Å². The third-order valence-electron chi connectivity index (χ3n) is 2.63. The molecule has 98 valence electrons. The number of benzene rings is 2. The lowest BCUT2D eigenvalue weighted by atomic mass is 10.1. The van der Waals surface area contributed by atoms with Crippen LogP contribution in [-0.2, 0) is 6.54 Å². The van der Waals surface area contributed by atoms with Crippen molar-refractivity contribution in [2.45, 2.75) is 6.54 Å². The van der Waals surface area contributed by atoms with E-state index in [4.69, 9.17) is 5.11 Å². The second kappa shape index (κ2) is 5.48. The molecule has 0 aromatic heterocycles. The number of aromatic carboxylic acids is 1. The van der Waals surface area contributed by atoms with Gasteiger partial charge in [-0.05, 0) is 29.8 Å². The first kappa shape index (κ1) is 13.0. The summed E-state index contributed by atoms with van der Waals surface area (Å²) < 4.78 is 26.3. The van der Waals surface area contributed by atoms with E-state index in [1.807, 2.05) is 0 Å². The minimum Gasteiger partial charge on any atom is -0.478 e.